The van der Waals surface area contributed by atoms with E-state index in [-0.39, 0.29) is 11.7 Å². The number of hydrogen-bond donors (Lipinski definition) is 0. The van der Waals surface area contributed by atoms with Gasteiger partial charge in [-0.1, -0.05) is 6.07 Å². The third kappa shape index (κ3) is 4.40. The standard InChI is InChI=1S/C28H33N5O3/c1-31-25-18-29-24-9-7-20(16-23(24)27(25)33(28(31)34)22-6-4-14-35-19-22)21-8-10-26(30-17-21)36-15-5-13-32-11-2-3-12-32/h7-10,16-18,22H,2-6,11-15,19H2,1H3. The minimum absolute atomic E-state index is 0.0203. The van der Waals surface area contributed by atoms with E-state index in [1.54, 1.807) is 10.8 Å². The molecule has 1 atom stereocenters. The van der Waals surface area contributed by atoms with Crippen molar-refractivity contribution < 1.29 is 9.47 Å². The molecule has 2 aliphatic rings. The Morgan fingerprint density at radius 3 is 2.69 bits per heavy atom. The number of nitrogens with zero attached hydrogens (tertiary/aromatic N) is 5. The summed E-state index contributed by atoms with van der Waals surface area (Å²) in [4.78, 5) is 24.9. The lowest BCUT2D eigenvalue weighted by Gasteiger charge is -2.23. The van der Waals surface area contributed by atoms with Crippen molar-refractivity contribution in [2.45, 2.75) is 38.1 Å². The van der Waals surface area contributed by atoms with Crippen molar-refractivity contribution in [3.8, 4) is 17.0 Å². The minimum atomic E-state index is -0.0203. The molecule has 0 amide bonds. The maximum absolute atomic E-state index is 13.2. The Labute approximate surface area is 210 Å². The summed E-state index contributed by atoms with van der Waals surface area (Å²) >= 11 is 0. The third-order valence-corrected chi connectivity index (χ3v) is 7.55. The predicted octanol–water partition coefficient (Wildman–Crippen LogP) is 4.17. The third-order valence-electron chi connectivity index (χ3n) is 7.55. The molecular formula is C28H33N5O3. The zero-order chi connectivity index (χ0) is 24.5. The van der Waals surface area contributed by atoms with Crippen LogP contribution in [0.3, 0.4) is 0 Å². The van der Waals surface area contributed by atoms with Crippen LogP contribution >= 0.6 is 0 Å². The monoisotopic (exact) mass is 487 g/mol. The summed E-state index contributed by atoms with van der Waals surface area (Å²) in [6.45, 7) is 5.52. The van der Waals surface area contributed by atoms with Crippen molar-refractivity contribution in [1.82, 2.24) is 24.0 Å². The van der Waals surface area contributed by atoms with Crippen LogP contribution in [0.5, 0.6) is 5.88 Å². The maximum Gasteiger partial charge on any atom is 0.329 e. The first-order chi connectivity index (χ1) is 17.7. The van der Waals surface area contributed by atoms with Crippen LogP contribution < -0.4 is 10.4 Å². The van der Waals surface area contributed by atoms with Crippen molar-refractivity contribution in [2.24, 2.45) is 7.05 Å². The minimum Gasteiger partial charge on any atom is -0.478 e. The molecule has 0 radical (unpaired) electrons. The highest BCUT2D eigenvalue weighted by molar-refractivity contribution is 6.04. The normalized spacial score (nSPS) is 18.9. The van der Waals surface area contributed by atoms with E-state index in [2.05, 4.69) is 27.0 Å². The Balaban J connectivity index is 1.27. The number of ether oxygens (including phenoxy) is 2. The van der Waals surface area contributed by atoms with Gasteiger partial charge >= 0.3 is 5.69 Å². The van der Waals surface area contributed by atoms with Crippen LogP contribution in [0.4, 0.5) is 0 Å². The number of benzene rings is 1. The van der Waals surface area contributed by atoms with Gasteiger partial charge in [0.05, 0.1) is 42.0 Å². The summed E-state index contributed by atoms with van der Waals surface area (Å²) < 4.78 is 15.2. The molecular weight excluding hydrogens is 454 g/mol. The molecule has 1 aromatic carbocycles. The van der Waals surface area contributed by atoms with Crippen LogP contribution in [0.25, 0.3) is 33.1 Å². The largest absolute Gasteiger partial charge is 0.478 e. The Kier molecular flexibility index (Phi) is 6.46. The fourth-order valence-electron chi connectivity index (χ4n) is 5.58. The average Bonchev–Trinajstić information content (AvgIpc) is 3.53. The highest BCUT2D eigenvalue weighted by Gasteiger charge is 2.24. The highest BCUT2D eigenvalue weighted by Crippen LogP contribution is 2.31. The van der Waals surface area contributed by atoms with Crippen LogP contribution in [0, 0.1) is 0 Å². The first kappa shape index (κ1) is 23.2. The van der Waals surface area contributed by atoms with E-state index in [0.717, 1.165) is 65.5 Å². The fraction of sp³-hybridized carbons (Fsp3) is 0.464. The van der Waals surface area contributed by atoms with Gasteiger partial charge in [-0.2, -0.15) is 0 Å². The van der Waals surface area contributed by atoms with Crippen LogP contribution in [0.2, 0.25) is 0 Å². The van der Waals surface area contributed by atoms with Gasteiger partial charge in [-0.15, -0.1) is 0 Å². The molecule has 2 fully saturated rings. The van der Waals surface area contributed by atoms with Crippen molar-refractivity contribution in [1.29, 1.82) is 0 Å². The fourth-order valence-corrected chi connectivity index (χ4v) is 5.58. The number of rotatable bonds is 7. The maximum atomic E-state index is 13.2. The first-order valence-corrected chi connectivity index (χ1v) is 13.1. The van der Waals surface area contributed by atoms with Crippen molar-refractivity contribution in [2.75, 3.05) is 39.5 Å². The number of imidazole rings is 1. The van der Waals surface area contributed by atoms with E-state index in [1.165, 1.54) is 25.9 Å². The molecule has 3 aromatic heterocycles. The Bertz CT molecular complexity index is 1410. The summed E-state index contributed by atoms with van der Waals surface area (Å²) in [5.41, 5.74) is 4.65. The second kappa shape index (κ2) is 10.0. The van der Waals surface area contributed by atoms with E-state index in [1.807, 2.05) is 36.0 Å². The van der Waals surface area contributed by atoms with Crippen molar-refractivity contribution >= 4 is 21.9 Å². The van der Waals surface area contributed by atoms with Crippen LogP contribution in [-0.4, -0.2) is 63.5 Å². The molecule has 8 heteroatoms. The number of pyridine rings is 2. The Hall–Kier alpha value is -3.23. The van der Waals surface area contributed by atoms with Gasteiger partial charge < -0.3 is 14.4 Å². The van der Waals surface area contributed by atoms with Gasteiger partial charge in [0.15, 0.2) is 0 Å². The second-order valence-electron chi connectivity index (χ2n) is 9.94. The van der Waals surface area contributed by atoms with E-state index in [9.17, 15) is 4.79 Å². The molecule has 4 aromatic rings. The SMILES string of the molecule is Cn1c(=O)n(C2CCCOC2)c2c3cc(-c4ccc(OCCCN5CCCC5)nc4)ccc3ncc21. The summed E-state index contributed by atoms with van der Waals surface area (Å²) in [6.07, 6.45) is 9.21. The summed E-state index contributed by atoms with van der Waals surface area (Å²) in [7, 11) is 1.82. The first-order valence-electron chi connectivity index (χ1n) is 13.1. The number of aromatic nitrogens is 4. The number of aryl methyl sites for hydroxylation is 1. The second-order valence-corrected chi connectivity index (χ2v) is 9.94. The van der Waals surface area contributed by atoms with Crippen LogP contribution in [0.1, 0.15) is 38.1 Å². The van der Waals surface area contributed by atoms with E-state index >= 15 is 0 Å². The smallest absolute Gasteiger partial charge is 0.329 e. The van der Waals surface area contributed by atoms with E-state index in [0.29, 0.717) is 19.1 Å². The number of hydrogen-bond acceptors (Lipinski definition) is 6. The zero-order valence-corrected chi connectivity index (χ0v) is 20.9. The van der Waals surface area contributed by atoms with Gasteiger partial charge in [0.25, 0.3) is 0 Å². The summed E-state index contributed by atoms with van der Waals surface area (Å²) in [5, 5.41) is 0.968. The average molecular weight is 488 g/mol. The zero-order valence-electron chi connectivity index (χ0n) is 20.9. The van der Waals surface area contributed by atoms with Crippen molar-refractivity contribution in [3.63, 3.8) is 0 Å². The topological polar surface area (TPSA) is 74.4 Å². The predicted molar refractivity (Wildman–Crippen MR) is 141 cm³/mol. The quantitative estimate of drug-likeness (QED) is 0.365. The summed E-state index contributed by atoms with van der Waals surface area (Å²) in [5.74, 6) is 0.652. The molecule has 8 nitrogen and oxygen atoms in total. The number of likely N-dealkylation sites (tertiary alicyclic amines) is 1. The molecule has 0 aliphatic carbocycles. The van der Waals surface area contributed by atoms with Crippen LogP contribution in [-0.2, 0) is 11.8 Å². The molecule has 0 spiro atoms. The highest BCUT2D eigenvalue weighted by atomic mass is 16.5. The molecule has 6 rings (SSSR count). The van der Waals surface area contributed by atoms with Gasteiger partial charge in [-0.3, -0.25) is 14.1 Å². The lowest BCUT2D eigenvalue weighted by Crippen LogP contribution is -2.31. The number of fused-ring (bicyclic) bond motifs is 3. The van der Waals surface area contributed by atoms with Gasteiger partial charge in [0.1, 0.15) is 0 Å². The molecule has 1 unspecified atom stereocenters. The van der Waals surface area contributed by atoms with Gasteiger partial charge in [-0.25, -0.2) is 9.78 Å². The molecule has 2 aliphatic heterocycles. The molecule has 36 heavy (non-hydrogen) atoms. The van der Waals surface area contributed by atoms with E-state index in [4.69, 9.17) is 9.47 Å². The molecule has 2 saturated heterocycles. The van der Waals surface area contributed by atoms with Crippen LogP contribution in [0.15, 0.2) is 47.5 Å². The van der Waals surface area contributed by atoms with Gasteiger partial charge in [-0.05, 0) is 69.0 Å². The lowest BCUT2D eigenvalue weighted by atomic mass is 10.0. The summed E-state index contributed by atoms with van der Waals surface area (Å²) in [6, 6.07) is 10.2. The Morgan fingerprint density at radius 2 is 1.92 bits per heavy atom. The molecule has 0 bridgehead atoms. The lowest BCUT2D eigenvalue weighted by molar-refractivity contribution is 0.0593. The molecule has 0 N–H and O–H groups in total. The molecule has 5 heterocycles. The van der Waals surface area contributed by atoms with E-state index < -0.39 is 0 Å². The Morgan fingerprint density at radius 1 is 1.06 bits per heavy atom. The molecule has 0 saturated carbocycles. The van der Waals surface area contributed by atoms with Gasteiger partial charge in [0, 0.05) is 43.4 Å². The van der Waals surface area contributed by atoms with Crippen molar-refractivity contribution in [3.05, 3.63) is 53.2 Å². The molecule has 188 valence electrons. The van der Waals surface area contributed by atoms with Gasteiger partial charge in [0.2, 0.25) is 5.88 Å².